The highest BCUT2D eigenvalue weighted by Gasteiger charge is 2.22. The van der Waals surface area contributed by atoms with Crippen molar-refractivity contribution in [1.82, 2.24) is 4.40 Å². The molecule has 2 nitrogen and oxygen atoms in total. The zero-order valence-corrected chi connectivity index (χ0v) is 30.7. The van der Waals surface area contributed by atoms with Crippen molar-refractivity contribution in [1.29, 1.82) is 0 Å². The van der Waals surface area contributed by atoms with E-state index in [0.717, 1.165) is 17.1 Å². The normalized spacial score (nSPS) is 11.6. The van der Waals surface area contributed by atoms with E-state index in [1.807, 2.05) is 0 Å². The van der Waals surface area contributed by atoms with E-state index in [1.165, 1.54) is 82.1 Å². The molecule has 0 amide bonds. The van der Waals surface area contributed by atoms with Crippen molar-refractivity contribution >= 4 is 65.8 Å². The second-order valence-electron chi connectivity index (χ2n) is 14.5. The topological polar surface area (TPSA) is 7.65 Å². The maximum absolute atomic E-state index is 2.43. The quantitative estimate of drug-likeness (QED) is 0.167. The minimum atomic E-state index is 1.09. The molecule has 0 aliphatic rings. The van der Waals surface area contributed by atoms with Crippen molar-refractivity contribution in [3.8, 4) is 33.4 Å². The van der Waals surface area contributed by atoms with Crippen molar-refractivity contribution in [2.45, 2.75) is 0 Å². The van der Waals surface area contributed by atoms with Crippen LogP contribution in [0.2, 0.25) is 0 Å². The number of fused-ring (bicyclic) bond motifs is 7. The van der Waals surface area contributed by atoms with Gasteiger partial charge in [-0.1, -0.05) is 182 Å². The molecule has 0 fully saturated rings. The van der Waals surface area contributed by atoms with E-state index < -0.39 is 0 Å². The molecule has 0 spiro atoms. The van der Waals surface area contributed by atoms with E-state index in [2.05, 4.69) is 228 Å². The summed E-state index contributed by atoms with van der Waals surface area (Å²) in [6, 6.07) is 77.1. The van der Waals surface area contributed by atoms with Crippen molar-refractivity contribution in [3.05, 3.63) is 219 Å². The molecular formula is C54H36N2. The van der Waals surface area contributed by atoms with Gasteiger partial charge in [0.1, 0.15) is 0 Å². The Kier molecular flexibility index (Phi) is 7.53. The van der Waals surface area contributed by atoms with Gasteiger partial charge in [-0.2, -0.15) is 0 Å². The second kappa shape index (κ2) is 13.2. The van der Waals surface area contributed by atoms with Crippen molar-refractivity contribution in [2.75, 3.05) is 4.90 Å². The maximum atomic E-state index is 2.43. The van der Waals surface area contributed by atoms with Crippen LogP contribution in [0.15, 0.2) is 219 Å². The Hall–Kier alpha value is -7.42. The number of nitrogens with zero attached hydrogens (tertiary/aromatic N) is 2. The van der Waals surface area contributed by atoms with E-state index in [9.17, 15) is 0 Å². The molecule has 0 atom stereocenters. The van der Waals surface area contributed by atoms with E-state index in [4.69, 9.17) is 0 Å². The molecule has 2 heterocycles. The third kappa shape index (κ3) is 5.19. The van der Waals surface area contributed by atoms with Crippen LogP contribution in [0.5, 0.6) is 0 Å². The molecule has 0 saturated heterocycles. The zero-order chi connectivity index (χ0) is 37.0. The molecule has 0 saturated carbocycles. The summed E-state index contributed by atoms with van der Waals surface area (Å²) in [7, 11) is 0. The predicted molar refractivity (Wildman–Crippen MR) is 238 cm³/mol. The molecule has 2 aromatic heterocycles. The number of para-hydroxylation sites is 1. The summed E-state index contributed by atoms with van der Waals surface area (Å²) < 4.78 is 2.41. The molecule has 262 valence electrons. The molecular weight excluding hydrogens is 677 g/mol. The van der Waals surface area contributed by atoms with E-state index in [1.54, 1.807) is 0 Å². The van der Waals surface area contributed by atoms with Gasteiger partial charge in [0, 0.05) is 39.3 Å². The monoisotopic (exact) mass is 712 g/mol. The largest absolute Gasteiger partial charge is 0.313 e. The lowest BCUT2D eigenvalue weighted by atomic mass is 9.97. The molecule has 0 aliphatic carbocycles. The first-order valence-corrected chi connectivity index (χ1v) is 19.3. The molecule has 11 aromatic rings. The second-order valence-corrected chi connectivity index (χ2v) is 14.5. The van der Waals surface area contributed by atoms with E-state index in [-0.39, 0.29) is 0 Å². The first-order chi connectivity index (χ1) is 27.8. The molecule has 56 heavy (non-hydrogen) atoms. The minimum Gasteiger partial charge on any atom is -0.313 e. The van der Waals surface area contributed by atoms with Crippen LogP contribution in [-0.4, -0.2) is 4.40 Å². The lowest BCUT2D eigenvalue weighted by molar-refractivity contribution is 1.22. The Labute approximate surface area is 325 Å². The number of rotatable bonds is 6. The van der Waals surface area contributed by atoms with E-state index in [0.29, 0.717) is 0 Å². The van der Waals surface area contributed by atoms with Crippen LogP contribution in [0.1, 0.15) is 0 Å². The minimum absolute atomic E-state index is 1.09. The van der Waals surface area contributed by atoms with Crippen LogP contribution in [0.4, 0.5) is 17.1 Å². The summed E-state index contributed by atoms with van der Waals surface area (Å²) in [5.41, 5.74) is 13.0. The fourth-order valence-corrected chi connectivity index (χ4v) is 8.80. The molecule has 0 unspecified atom stereocenters. The van der Waals surface area contributed by atoms with Gasteiger partial charge in [0.2, 0.25) is 0 Å². The van der Waals surface area contributed by atoms with Crippen LogP contribution < -0.4 is 4.90 Å². The molecule has 9 aromatic carbocycles. The van der Waals surface area contributed by atoms with Crippen LogP contribution >= 0.6 is 0 Å². The fourth-order valence-electron chi connectivity index (χ4n) is 8.80. The summed E-state index contributed by atoms with van der Waals surface area (Å²) in [6.07, 6.45) is 2.35. The summed E-state index contributed by atoms with van der Waals surface area (Å²) >= 11 is 0. The van der Waals surface area contributed by atoms with Gasteiger partial charge in [-0.25, -0.2) is 0 Å². The van der Waals surface area contributed by atoms with Crippen molar-refractivity contribution in [3.63, 3.8) is 0 Å². The van der Waals surface area contributed by atoms with Crippen LogP contribution in [0.3, 0.4) is 0 Å². The SMILES string of the molecule is c1ccc(-c2c3ccccc3n3cc(N(c4ccc(-c5cccc6ccccc56)cc4)c4ccc(-c5cccc6ccccc56)cc4)c4ccccc4c23)cc1. The molecule has 11 rings (SSSR count). The third-order valence-corrected chi connectivity index (χ3v) is 11.4. The number of anilines is 3. The van der Waals surface area contributed by atoms with Gasteiger partial charge in [0.05, 0.1) is 16.7 Å². The zero-order valence-electron chi connectivity index (χ0n) is 30.7. The Morgan fingerprint density at radius 3 is 1.38 bits per heavy atom. The average molecular weight is 713 g/mol. The number of benzene rings is 9. The standard InChI is InChI=1S/C54H36N2/c1-2-16-41(17-3-1)53-50-24-10-11-27-51(50)55-36-52(48-22-8-9-23-49(48)54(53)55)56(42-32-28-39(29-33-42)46-25-12-18-37-14-4-6-20-44(37)46)43-34-30-40(31-35-43)47-26-13-19-38-15-5-7-21-45(38)47/h1-36H. The lowest BCUT2D eigenvalue weighted by Gasteiger charge is -2.28. The van der Waals surface area contributed by atoms with Gasteiger partial charge in [0.15, 0.2) is 0 Å². The molecule has 0 radical (unpaired) electrons. The first kappa shape index (κ1) is 32.0. The van der Waals surface area contributed by atoms with Crippen LogP contribution in [0, 0.1) is 0 Å². The summed E-state index contributed by atoms with van der Waals surface area (Å²) in [5.74, 6) is 0. The van der Waals surface area contributed by atoms with E-state index >= 15 is 0 Å². The lowest BCUT2D eigenvalue weighted by Crippen LogP contribution is -2.11. The van der Waals surface area contributed by atoms with Crippen LogP contribution in [0.25, 0.3) is 82.1 Å². The van der Waals surface area contributed by atoms with Gasteiger partial charge in [0.25, 0.3) is 0 Å². The smallest absolute Gasteiger partial charge is 0.0707 e. The number of hydrogen-bond donors (Lipinski definition) is 0. The molecule has 0 bridgehead atoms. The predicted octanol–water partition coefficient (Wildman–Crippen LogP) is 15.0. The van der Waals surface area contributed by atoms with Gasteiger partial charge in [-0.05, 0) is 79.7 Å². The van der Waals surface area contributed by atoms with Gasteiger partial charge in [-0.3, -0.25) is 0 Å². The van der Waals surface area contributed by atoms with Crippen LogP contribution in [-0.2, 0) is 0 Å². The Balaban J connectivity index is 1.15. The Morgan fingerprint density at radius 2 is 0.786 bits per heavy atom. The average Bonchev–Trinajstić information content (AvgIpc) is 3.61. The Morgan fingerprint density at radius 1 is 0.321 bits per heavy atom. The number of pyridine rings is 1. The fraction of sp³-hybridized carbons (Fsp3) is 0. The number of aromatic nitrogens is 1. The third-order valence-electron chi connectivity index (χ3n) is 11.4. The van der Waals surface area contributed by atoms with Gasteiger partial charge < -0.3 is 9.30 Å². The summed E-state index contributed by atoms with van der Waals surface area (Å²) in [5, 5.41) is 8.65. The maximum Gasteiger partial charge on any atom is 0.0707 e. The van der Waals surface area contributed by atoms with Crippen molar-refractivity contribution in [2.24, 2.45) is 0 Å². The highest BCUT2D eigenvalue weighted by atomic mass is 15.2. The first-order valence-electron chi connectivity index (χ1n) is 19.3. The summed E-state index contributed by atoms with van der Waals surface area (Å²) in [6.45, 7) is 0. The Bertz CT molecular complexity index is 3100. The molecule has 0 aliphatic heterocycles. The summed E-state index contributed by atoms with van der Waals surface area (Å²) in [4.78, 5) is 2.43. The highest BCUT2D eigenvalue weighted by molar-refractivity contribution is 6.17. The highest BCUT2D eigenvalue weighted by Crippen LogP contribution is 2.46. The molecule has 2 heteroatoms. The number of hydrogen-bond acceptors (Lipinski definition) is 1. The molecule has 0 N–H and O–H groups in total. The van der Waals surface area contributed by atoms with Gasteiger partial charge >= 0.3 is 0 Å². The van der Waals surface area contributed by atoms with Gasteiger partial charge in [-0.15, -0.1) is 0 Å². The van der Waals surface area contributed by atoms with Crippen molar-refractivity contribution < 1.29 is 0 Å².